The van der Waals surface area contributed by atoms with Crippen LogP contribution in [0.2, 0.25) is 0 Å². The monoisotopic (exact) mass is 396 g/mol. The molecule has 0 aromatic heterocycles. The Bertz CT molecular complexity index is 614. The minimum Gasteiger partial charge on any atom is -0.508 e. The second kappa shape index (κ2) is 11.3. The van der Waals surface area contributed by atoms with Crippen LogP contribution >= 0.6 is 24.8 Å². The first-order chi connectivity index (χ1) is 11.7. The number of benzene rings is 2. The number of rotatable bonds is 6. The van der Waals surface area contributed by atoms with Crippen molar-refractivity contribution >= 4 is 30.5 Å². The van der Waals surface area contributed by atoms with E-state index in [1.54, 1.807) is 12.1 Å². The van der Waals surface area contributed by atoms with E-state index in [-0.39, 0.29) is 24.8 Å². The maximum atomic E-state index is 9.38. The lowest BCUT2D eigenvalue weighted by molar-refractivity contribution is 0.188. The fourth-order valence-corrected chi connectivity index (χ4v) is 3.49. The molecule has 1 N–H and O–H groups in total. The third-order valence-electron chi connectivity index (χ3n) is 5.12. The number of aromatic hydroxyl groups is 1. The van der Waals surface area contributed by atoms with E-state index in [4.69, 9.17) is 0 Å². The van der Waals surface area contributed by atoms with E-state index in [2.05, 4.69) is 47.2 Å². The number of phenolic OH excluding ortho intramolecular Hbond substituents is 1. The topological polar surface area (TPSA) is 26.7 Å². The molecule has 1 heterocycles. The van der Waals surface area contributed by atoms with E-state index >= 15 is 0 Å². The second-order valence-corrected chi connectivity index (χ2v) is 6.91. The molecule has 0 atom stereocenters. The molecule has 2 aromatic rings. The first kappa shape index (κ1) is 22.6. The summed E-state index contributed by atoms with van der Waals surface area (Å²) in [5.74, 6) is 1.16. The van der Waals surface area contributed by atoms with Crippen LogP contribution in [0.15, 0.2) is 54.6 Å². The maximum absolute atomic E-state index is 9.38. The summed E-state index contributed by atoms with van der Waals surface area (Å²) in [6, 6.07) is 18.3. The van der Waals surface area contributed by atoms with Crippen molar-refractivity contribution in [2.45, 2.75) is 19.3 Å². The van der Waals surface area contributed by atoms with Gasteiger partial charge in [0.2, 0.25) is 0 Å². The van der Waals surface area contributed by atoms with Gasteiger partial charge < -0.3 is 14.9 Å². The molecule has 0 saturated carbocycles. The molecule has 1 fully saturated rings. The second-order valence-electron chi connectivity index (χ2n) is 6.91. The van der Waals surface area contributed by atoms with Crippen molar-refractivity contribution in [2.75, 3.05) is 38.1 Å². The number of halogens is 2. The zero-order valence-corrected chi connectivity index (χ0v) is 17.0. The molecule has 144 valence electrons. The fraction of sp³-hybridized carbons (Fsp3) is 0.429. The van der Waals surface area contributed by atoms with Crippen LogP contribution in [0.5, 0.6) is 5.75 Å². The SMILES string of the molecule is CN(CCN1CCC(Cc2ccccc2)CC1)c1ccc(O)cc1.Cl.Cl. The average Bonchev–Trinajstić information content (AvgIpc) is 2.62. The van der Waals surface area contributed by atoms with Gasteiger partial charge >= 0.3 is 0 Å². The third kappa shape index (κ3) is 6.71. The number of piperidine rings is 1. The molecule has 0 unspecified atom stereocenters. The van der Waals surface area contributed by atoms with Gasteiger partial charge in [-0.25, -0.2) is 0 Å². The molecule has 0 bridgehead atoms. The third-order valence-corrected chi connectivity index (χ3v) is 5.12. The Morgan fingerprint density at radius 2 is 1.58 bits per heavy atom. The standard InChI is InChI=1S/C21H28N2O.2ClH/c1-22(20-7-9-21(24)10-8-20)15-16-23-13-11-19(12-14-23)17-18-5-3-2-4-6-18;;/h2-10,19,24H,11-17H2,1H3;2*1H. The Morgan fingerprint density at radius 1 is 0.962 bits per heavy atom. The molecule has 1 aliphatic rings. The molecule has 0 aliphatic carbocycles. The Labute approximate surface area is 169 Å². The summed E-state index contributed by atoms with van der Waals surface area (Å²) in [7, 11) is 2.12. The van der Waals surface area contributed by atoms with Crippen molar-refractivity contribution in [3.05, 3.63) is 60.2 Å². The minimum absolute atomic E-state index is 0. The van der Waals surface area contributed by atoms with Gasteiger partial charge in [0.25, 0.3) is 0 Å². The number of hydrogen-bond acceptors (Lipinski definition) is 3. The first-order valence-electron chi connectivity index (χ1n) is 8.97. The Balaban J connectivity index is 0.00000169. The molecule has 1 saturated heterocycles. The van der Waals surface area contributed by atoms with Crippen molar-refractivity contribution in [1.82, 2.24) is 4.90 Å². The number of hydrogen-bond donors (Lipinski definition) is 1. The van der Waals surface area contributed by atoms with Gasteiger partial charge in [-0.05, 0) is 68.1 Å². The number of likely N-dealkylation sites (N-methyl/N-ethyl adjacent to an activating group) is 1. The number of phenols is 1. The molecule has 0 amide bonds. The smallest absolute Gasteiger partial charge is 0.115 e. The van der Waals surface area contributed by atoms with Gasteiger partial charge in [0.1, 0.15) is 5.75 Å². The summed E-state index contributed by atoms with van der Waals surface area (Å²) >= 11 is 0. The molecule has 1 aliphatic heterocycles. The zero-order valence-electron chi connectivity index (χ0n) is 15.4. The predicted molar refractivity (Wildman–Crippen MR) is 115 cm³/mol. The molecule has 0 radical (unpaired) electrons. The van der Waals surface area contributed by atoms with Crippen LogP contribution in [0.4, 0.5) is 5.69 Å². The highest BCUT2D eigenvalue weighted by Gasteiger charge is 2.19. The van der Waals surface area contributed by atoms with Crippen LogP contribution < -0.4 is 4.90 Å². The molecule has 3 nitrogen and oxygen atoms in total. The van der Waals surface area contributed by atoms with E-state index in [0.717, 1.165) is 24.7 Å². The van der Waals surface area contributed by atoms with E-state index in [9.17, 15) is 5.11 Å². The average molecular weight is 397 g/mol. The Kier molecular flexibility index (Phi) is 9.85. The number of anilines is 1. The van der Waals surface area contributed by atoms with Gasteiger partial charge in [-0.2, -0.15) is 0 Å². The first-order valence-corrected chi connectivity index (χ1v) is 8.97. The minimum atomic E-state index is 0. The molecule has 3 rings (SSSR count). The van der Waals surface area contributed by atoms with Crippen LogP contribution in [0.25, 0.3) is 0 Å². The van der Waals surface area contributed by atoms with Crippen molar-refractivity contribution in [2.24, 2.45) is 5.92 Å². The van der Waals surface area contributed by atoms with Crippen LogP contribution in [-0.4, -0.2) is 43.2 Å². The van der Waals surface area contributed by atoms with Gasteiger partial charge in [-0.3, -0.25) is 0 Å². The van der Waals surface area contributed by atoms with Crippen LogP contribution in [-0.2, 0) is 6.42 Å². The van der Waals surface area contributed by atoms with E-state index in [1.807, 2.05) is 12.1 Å². The molecular formula is C21H30Cl2N2O. The van der Waals surface area contributed by atoms with Crippen molar-refractivity contribution < 1.29 is 5.11 Å². The van der Waals surface area contributed by atoms with Gasteiger partial charge in [0.15, 0.2) is 0 Å². The number of nitrogens with zero attached hydrogens (tertiary/aromatic N) is 2. The lowest BCUT2D eigenvalue weighted by Crippen LogP contribution is -2.39. The van der Waals surface area contributed by atoms with E-state index in [0.29, 0.717) is 5.75 Å². The molecule has 26 heavy (non-hydrogen) atoms. The summed E-state index contributed by atoms with van der Waals surface area (Å²) in [5, 5.41) is 9.38. The summed E-state index contributed by atoms with van der Waals surface area (Å²) in [6.45, 7) is 4.55. The van der Waals surface area contributed by atoms with Crippen LogP contribution in [0.3, 0.4) is 0 Å². The normalized spacial score (nSPS) is 15.0. The summed E-state index contributed by atoms with van der Waals surface area (Å²) in [5.41, 5.74) is 2.63. The van der Waals surface area contributed by atoms with E-state index in [1.165, 1.54) is 37.9 Å². The lowest BCUT2D eigenvalue weighted by Gasteiger charge is -2.33. The van der Waals surface area contributed by atoms with Crippen molar-refractivity contribution in [3.63, 3.8) is 0 Å². The fourth-order valence-electron chi connectivity index (χ4n) is 3.49. The highest BCUT2D eigenvalue weighted by Crippen LogP contribution is 2.22. The van der Waals surface area contributed by atoms with Crippen LogP contribution in [0, 0.1) is 5.92 Å². The molecule has 2 aromatic carbocycles. The predicted octanol–water partition coefficient (Wildman–Crippen LogP) is 4.63. The van der Waals surface area contributed by atoms with E-state index < -0.39 is 0 Å². The Morgan fingerprint density at radius 3 is 2.19 bits per heavy atom. The highest BCUT2D eigenvalue weighted by molar-refractivity contribution is 5.85. The van der Waals surface area contributed by atoms with Crippen molar-refractivity contribution in [3.8, 4) is 5.75 Å². The van der Waals surface area contributed by atoms with Gasteiger partial charge in [-0.15, -0.1) is 24.8 Å². The summed E-state index contributed by atoms with van der Waals surface area (Å²) in [6.07, 6.45) is 3.83. The Hall–Kier alpha value is -1.42. The lowest BCUT2D eigenvalue weighted by atomic mass is 9.90. The number of likely N-dealkylation sites (tertiary alicyclic amines) is 1. The van der Waals surface area contributed by atoms with Gasteiger partial charge in [0, 0.05) is 25.8 Å². The summed E-state index contributed by atoms with van der Waals surface area (Å²) < 4.78 is 0. The summed E-state index contributed by atoms with van der Waals surface area (Å²) in [4.78, 5) is 4.84. The molecule has 0 spiro atoms. The van der Waals surface area contributed by atoms with Gasteiger partial charge in [-0.1, -0.05) is 30.3 Å². The largest absolute Gasteiger partial charge is 0.508 e. The van der Waals surface area contributed by atoms with Crippen LogP contribution in [0.1, 0.15) is 18.4 Å². The molecular weight excluding hydrogens is 367 g/mol. The molecule has 5 heteroatoms. The van der Waals surface area contributed by atoms with Crippen molar-refractivity contribution in [1.29, 1.82) is 0 Å². The quantitative estimate of drug-likeness (QED) is 0.770. The van der Waals surface area contributed by atoms with Gasteiger partial charge in [0.05, 0.1) is 0 Å². The zero-order chi connectivity index (χ0) is 16.8. The highest BCUT2D eigenvalue weighted by atomic mass is 35.5. The maximum Gasteiger partial charge on any atom is 0.115 e.